The Morgan fingerprint density at radius 2 is 2.55 bits per heavy atom. The normalized spacial score (nSPS) is 10.4. The van der Waals surface area contributed by atoms with Gasteiger partial charge in [-0.15, -0.1) is 11.8 Å². The van der Waals surface area contributed by atoms with Gasteiger partial charge in [0.05, 0.1) is 6.20 Å². The van der Waals surface area contributed by atoms with Gasteiger partial charge in [-0.1, -0.05) is 15.9 Å². The summed E-state index contributed by atoms with van der Waals surface area (Å²) in [6.07, 6.45) is 5.15. The van der Waals surface area contributed by atoms with E-state index in [4.69, 9.17) is 0 Å². The Morgan fingerprint density at radius 3 is 3.09 bits per heavy atom. The topological polar surface area (TPSA) is 17.8 Å². The molecule has 0 fully saturated rings. The Kier molecular flexibility index (Phi) is 4.01. The van der Waals surface area contributed by atoms with Crippen LogP contribution in [0, 0.1) is 0 Å². The second kappa shape index (κ2) is 4.83. The van der Waals surface area contributed by atoms with E-state index in [2.05, 4.69) is 21.0 Å². The molecule has 4 heteroatoms. The molecule has 1 aromatic heterocycles. The van der Waals surface area contributed by atoms with Gasteiger partial charge in [0.2, 0.25) is 0 Å². The average Bonchev–Trinajstić information content (AvgIpc) is 2.37. The lowest BCUT2D eigenvalue weighted by Gasteiger charge is -1.92. The highest BCUT2D eigenvalue weighted by Gasteiger charge is 1.94. The summed E-state index contributed by atoms with van der Waals surface area (Å²) in [5.74, 6) is 1.16. The molecule has 0 aromatic carbocycles. The predicted octanol–water partition coefficient (Wildman–Crippen LogP) is 2.30. The minimum absolute atomic E-state index is 1.08. The molecular weight excluding hydrogens is 224 g/mol. The van der Waals surface area contributed by atoms with Crippen LogP contribution in [0.5, 0.6) is 0 Å². The number of aromatic nitrogens is 2. The summed E-state index contributed by atoms with van der Waals surface area (Å²) < 4.78 is 1.83. The van der Waals surface area contributed by atoms with E-state index < -0.39 is 0 Å². The van der Waals surface area contributed by atoms with Gasteiger partial charge in [0.15, 0.2) is 0 Å². The minimum atomic E-state index is 1.08. The zero-order chi connectivity index (χ0) is 8.10. The number of nitrogens with zero attached hydrogens (tertiary/aromatic N) is 2. The fourth-order valence-electron chi connectivity index (χ4n) is 0.718. The van der Waals surface area contributed by atoms with Crippen molar-refractivity contribution < 1.29 is 0 Å². The maximum absolute atomic E-state index is 4.08. The average molecular weight is 235 g/mol. The van der Waals surface area contributed by atoms with E-state index in [0.29, 0.717) is 0 Å². The minimum Gasteiger partial charge on any atom is -0.275 e. The molecule has 0 saturated heterocycles. The van der Waals surface area contributed by atoms with Crippen molar-refractivity contribution in [2.24, 2.45) is 7.05 Å². The van der Waals surface area contributed by atoms with Crippen LogP contribution < -0.4 is 0 Å². The van der Waals surface area contributed by atoms with Crippen LogP contribution in [-0.4, -0.2) is 20.9 Å². The van der Waals surface area contributed by atoms with E-state index in [1.165, 1.54) is 11.3 Å². The Bertz CT molecular complexity index is 212. The van der Waals surface area contributed by atoms with Crippen molar-refractivity contribution in [3.8, 4) is 0 Å². The molecule has 0 aliphatic heterocycles. The number of hydrogen-bond acceptors (Lipinski definition) is 2. The highest BCUT2D eigenvalue weighted by Crippen LogP contribution is 2.17. The number of aryl methyl sites for hydroxylation is 1. The predicted molar refractivity (Wildman–Crippen MR) is 52.3 cm³/mol. The summed E-state index contributed by atoms with van der Waals surface area (Å²) in [4.78, 5) is 1.26. The summed E-state index contributed by atoms with van der Waals surface area (Å²) in [5.41, 5.74) is 0. The van der Waals surface area contributed by atoms with Crippen LogP contribution in [0.2, 0.25) is 0 Å². The highest BCUT2D eigenvalue weighted by atomic mass is 79.9. The van der Waals surface area contributed by atoms with Crippen LogP contribution >= 0.6 is 27.7 Å². The van der Waals surface area contributed by atoms with Gasteiger partial charge >= 0.3 is 0 Å². The summed E-state index contributed by atoms with van der Waals surface area (Å²) in [6.45, 7) is 0. The van der Waals surface area contributed by atoms with Gasteiger partial charge in [-0.25, -0.2) is 0 Å². The van der Waals surface area contributed by atoms with Gasteiger partial charge in [-0.3, -0.25) is 4.68 Å². The van der Waals surface area contributed by atoms with Crippen molar-refractivity contribution in [3.05, 3.63) is 12.4 Å². The highest BCUT2D eigenvalue weighted by molar-refractivity contribution is 9.09. The van der Waals surface area contributed by atoms with E-state index in [9.17, 15) is 0 Å². The first-order chi connectivity index (χ1) is 5.33. The third-order valence-electron chi connectivity index (χ3n) is 1.23. The second-order valence-corrected chi connectivity index (χ2v) is 4.20. The summed E-state index contributed by atoms with van der Waals surface area (Å²) >= 11 is 5.25. The lowest BCUT2D eigenvalue weighted by atomic mass is 10.6. The quantitative estimate of drug-likeness (QED) is 0.452. The molecule has 2 nitrogen and oxygen atoms in total. The van der Waals surface area contributed by atoms with Crippen molar-refractivity contribution in [2.75, 3.05) is 11.1 Å². The first-order valence-electron chi connectivity index (χ1n) is 3.50. The molecule has 0 spiro atoms. The fraction of sp³-hybridized carbons (Fsp3) is 0.571. The Hall–Kier alpha value is 0.0400. The van der Waals surface area contributed by atoms with E-state index in [-0.39, 0.29) is 0 Å². The molecule has 0 N–H and O–H groups in total. The van der Waals surface area contributed by atoms with Gasteiger partial charge in [0.1, 0.15) is 0 Å². The molecule has 11 heavy (non-hydrogen) atoms. The van der Waals surface area contributed by atoms with Gasteiger partial charge in [0.25, 0.3) is 0 Å². The molecule has 0 aliphatic rings. The molecule has 0 amide bonds. The van der Waals surface area contributed by atoms with E-state index >= 15 is 0 Å². The molecule has 0 saturated carbocycles. The van der Waals surface area contributed by atoms with Crippen molar-refractivity contribution in [1.82, 2.24) is 9.78 Å². The molecule has 1 rings (SSSR count). The number of alkyl halides is 1. The summed E-state index contributed by atoms with van der Waals surface area (Å²) in [7, 11) is 1.94. The van der Waals surface area contributed by atoms with Crippen LogP contribution in [0.25, 0.3) is 0 Å². The number of hydrogen-bond donors (Lipinski definition) is 0. The van der Waals surface area contributed by atoms with Crippen molar-refractivity contribution in [3.63, 3.8) is 0 Å². The van der Waals surface area contributed by atoms with Crippen molar-refractivity contribution in [1.29, 1.82) is 0 Å². The standard InChI is InChI=1S/C7H11BrN2S/c1-10-6-7(5-9-10)11-4-2-3-8/h5-6H,2-4H2,1H3. The lowest BCUT2D eigenvalue weighted by Crippen LogP contribution is -1.84. The summed E-state index contributed by atoms with van der Waals surface area (Å²) in [5, 5.41) is 5.16. The van der Waals surface area contributed by atoms with Gasteiger partial charge < -0.3 is 0 Å². The van der Waals surface area contributed by atoms with Crippen LogP contribution in [0.4, 0.5) is 0 Å². The molecular formula is C7H11BrN2S. The number of rotatable bonds is 4. The molecule has 0 bridgehead atoms. The first-order valence-corrected chi connectivity index (χ1v) is 5.61. The van der Waals surface area contributed by atoms with E-state index in [1.54, 1.807) is 0 Å². The zero-order valence-corrected chi connectivity index (χ0v) is 8.86. The summed E-state index contributed by atoms with van der Waals surface area (Å²) in [6, 6.07) is 0. The molecule has 0 unspecified atom stereocenters. The zero-order valence-electron chi connectivity index (χ0n) is 6.46. The molecule has 0 atom stereocenters. The SMILES string of the molecule is Cn1cc(SCCCBr)cn1. The van der Waals surface area contributed by atoms with Crippen molar-refractivity contribution >= 4 is 27.7 Å². The van der Waals surface area contributed by atoms with Gasteiger partial charge in [0, 0.05) is 23.5 Å². The molecule has 62 valence electrons. The Morgan fingerprint density at radius 1 is 1.73 bits per heavy atom. The van der Waals surface area contributed by atoms with Crippen LogP contribution in [0.1, 0.15) is 6.42 Å². The maximum Gasteiger partial charge on any atom is 0.0625 e. The van der Waals surface area contributed by atoms with Crippen molar-refractivity contribution in [2.45, 2.75) is 11.3 Å². The third kappa shape index (κ3) is 3.29. The van der Waals surface area contributed by atoms with Crippen LogP contribution in [0.3, 0.4) is 0 Å². The van der Waals surface area contributed by atoms with E-state index in [0.717, 1.165) is 11.1 Å². The lowest BCUT2D eigenvalue weighted by molar-refractivity contribution is 0.766. The monoisotopic (exact) mass is 234 g/mol. The molecule has 0 aliphatic carbocycles. The largest absolute Gasteiger partial charge is 0.275 e. The third-order valence-corrected chi connectivity index (χ3v) is 2.83. The molecule has 1 heterocycles. The smallest absolute Gasteiger partial charge is 0.0625 e. The Labute approximate surface area is 79.5 Å². The molecule has 0 radical (unpaired) electrons. The fourth-order valence-corrected chi connectivity index (χ4v) is 2.24. The van der Waals surface area contributed by atoms with Gasteiger partial charge in [-0.2, -0.15) is 5.10 Å². The first kappa shape index (κ1) is 9.13. The van der Waals surface area contributed by atoms with Crippen LogP contribution in [0.15, 0.2) is 17.3 Å². The van der Waals surface area contributed by atoms with E-state index in [1.807, 2.05) is 35.9 Å². The molecule has 1 aromatic rings. The number of halogens is 1. The second-order valence-electron chi connectivity index (χ2n) is 2.24. The number of thioether (sulfide) groups is 1. The van der Waals surface area contributed by atoms with Crippen LogP contribution in [-0.2, 0) is 7.05 Å². The Balaban J connectivity index is 2.27. The van der Waals surface area contributed by atoms with Gasteiger partial charge in [-0.05, 0) is 12.2 Å². The maximum atomic E-state index is 4.08.